The van der Waals surface area contributed by atoms with Crippen LogP contribution in [0.2, 0.25) is 0 Å². The van der Waals surface area contributed by atoms with Crippen molar-refractivity contribution in [3.8, 4) is 5.75 Å². The first-order valence-corrected chi connectivity index (χ1v) is 6.34. The molecule has 0 radical (unpaired) electrons. The highest BCUT2D eigenvalue weighted by molar-refractivity contribution is 6.02. The van der Waals surface area contributed by atoms with Gasteiger partial charge in [-0.1, -0.05) is 6.92 Å². The molecular weight excluding hydrogens is 248 g/mol. The van der Waals surface area contributed by atoms with Crippen LogP contribution in [-0.2, 0) is 10.3 Å². The summed E-state index contributed by atoms with van der Waals surface area (Å²) in [5.74, 6) is -1.30. The number of amides is 1. The van der Waals surface area contributed by atoms with Crippen molar-refractivity contribution in [3.63, 3.8) is 0 Å². The van der Waals surface area contributed by atoms with E-state index in [1.807, 2.05) is 13.8 Å². The van der Waals surface area contributed by atoms with Gasteiger partial charge in [0.25, 0.3) is 5.91 Å². The van der Waals surface area contributed by atoms with Crippen molar-refractivity contribution in [1.29, 1.82) is 0 Å². The van der Waals surface area contributed by atoms with Crippen molar-refractivity contribution < 1.29 is 19.4 Å². The molecule has 19 heavy (non-hydrogen) atoms. The number of carbonyl (C=O) groups is 2. The number of rotatable bonds is 3. The molecule has 2 heterocycles. The number of aromatic nitrogens is 1. The Labute approximate surface area is 111 Å². The van der Waals surface area contributed by atoms with Crippen LogP contribution < -0.4 is 5.32 Å². The van der Waals surface area contributed by atoms with E-state index in [9.17, 15) is 14.7 Å². The van der Waals surface area contributed by atoms with Gasteiger partial charge < -0.3 is 19.7 Å². The Bertz CT molecular complexity index is 535. The number of ether oxygens (including phenoxy) is 1. The van der Waals surface area contributed by atoms with Crippen LogP contribution in [0.1, 0.15) is 48.0 Å². The Morgan fingerprint density at radius 1 is 1.58 bits per heavy atom. The molecule has 2 N–H and O–H groups in total. The highest BCUT2D eigenvalue weighted by atomic mass is 16.5. The standard InChI is InChI=1S/C13H18N2O4/c1-4-13(3)7-14-11(17)9-10(16)8(6-15(9)13)12(18)19-5-2/h6,16H,4-5,7H2,1-3H3,(H,14,17). The van der Waals surface area contributed by atoms with Gasteiger partial charge in [-0.25, -0.2) is 4.79 Å². The van der Waals surface area contributed by atoms with Crippen LogP contribution in [-0.4, -0.2) is 34.7 Å². The molecule has 1 aromatic heterocycles. The summed E-state index contributed by atoms with van der Waals surface area (Å²) < 4.78 is 6.55. The number of hydrogen-bond donors (Lipinski definition) is 2. The van der Waals surface area contributed by atoms with E-state index in [2.05, 4.69) is 5.32 Å². The molecule has 0 spiro atoms. The Morgan fingerprint density at radius 3 is 2.84 bits per heavy atom. The van der Waals surface area contributed by atoms with E-state index in [-0.39, 0.29) is 35.1 Å². The molecule has 6 nitrogen and oxygen atoms in total. The fraction of sp³-hybridized carbons (Fsp3) is 0.538. The second-order valence-electron chi connectivity index (χ2n) is 4.86. The number of aromatic hydroxyl groups is 1. The first kappa shape index (κ1) is 13.5. The second-order valence-corrected chi connectivity index (χ2v) is 4.86. The number of carbonyl (C=O) groups excluding carboxylic acids is 2. The Kier molecular flexibility index (Phi) is 3.26. The monoisotopic (exact) mass is 266 g/mol. The van der Waals surface area contributed by atoms with E-state index in [0.29, 0.717) is 6.54 Å². The minimum Gasteiger partial charge on any atom is -0.505 e. The molecule has 1 amide bonds. The van der Waals surface area contributed by atoms with Gasteiger partial charge in [-0.15, -0.1) is 0 Å². The third-order valence-corrected chi connectivity index (χ3v) is 3.66. The fourth-order valence-electron chi connectivity index (χ4n) is 2.23. The lowest BCUT2D eigenvalue weighted by molar-refractivity contribution is 0.0523. The van der Waals surface area contributed by atoms with Crippen LogP contribution >= 0.6 is 0 Å². The van der Waals surface area contributed by atoms with Gasteiger partial charge in [0.1, 0.15) is 5.56 Å². The highest BCUT2D eigenvalue weighted by Crippen LogP contribution is 2.34. The molecule has 2 rings (SSSR count). The summed E-state index contributed by atoms with van der Waals surface area (Å²) in [5, 5.41) is 12.8. The van der Waals surface area contributed by atoms with E-state index in [1.54, 1.807) is 11.5 Å². The van der Waals surface area contributed by atoms with Gasteiger partial charge in [0.05, 0.1) is 12.1 Å². The topological polar surface area (TPSA) is 80.6 Å². The molecular formula is C13H18N2O4. The van der Waals surface area contributed by atoms with Crippen molar-refractivity contribution in [2.45, 2.75) is 32.7 Å². The van der Waals surface area contributed by atoms with Gasteiger partial charge in [0, 0.05) is 12.7 Å². The minimum absolute atomic E-state index is 0.0357. The molecule has 104 valence electrons. The Morgan fingerprint density at radius 2 is 2.26 bits per heavy atom. The predicted molar refractivity (Wildman–Crippen MR) is 68.3 cm³/mol. The molecule has 1 atom stereocenters. The molecule has 0 saturated carbocycles. The van der Waals surface area contributed by atoms with E-state index < -0.39 is 5.97 Å². The van der Waals surface area contributed by atoms with Gasteiger partial charge in [-0.3, -0.25) is 4.79 Å². The highest BCUT2D eigenvalue weighted by Gasteiger charge is 2.38. The van der Waals surface area contributed by atoms with Gasteiger partial charge in [-0.05, 0) is 20.3 Å². The largest absolute Gasteiger partial charge is 0.505 e. The molecule has 1 aliphatic rings. The molecule has 1 aromatic rings. The summed E-state index contributed by atoms with van der Waals surface area (Å²) in [5.41, 5.74) is -0.196. The number of nitrogens with zero attached hydrogens (tertiary/aromatic N) is 1. The zero-order valence-electron chi connectivity index (χ0n) is 11.3. The van der Waals surface area contributed by atoms with Crippen molar-refractivity contribution in [3.05, 3.63) is 17.5 Å². The molecule has 1 aliphatic heterocycles. The van der Waals surface area contributed by atoms with Crippen molar-refractivity contribution in [2.24, 2.45) is 0 Å². The van der Waals surface area contributed by atoms with Crippen LogP contribution in [0.3, 0.4) is 0 Å². The van der Waals surface area contributed by atoms with Gasteiger partial charge in [-0.2, -0.15) is 0 Å². The lowest BCUT2D eigenvalue weighted by Gasteiger charge is -2.35. The fourth-order valence-corrected chi connectivity index (χ4v) is 2.23. The molecule has 1 unspecified atom stereocenters. The summed E-state index contributed by atoms with van der Waals surface area (Å²) in [7, 11) is 0. The van der Waals surface area contributed by atoms with E-state index in [1.165, 1.54) is 6.20 Å². The number of nitrogens with one attached hydrogen (secondary N) is 1. The van der Waals surface area contributed by atoms with Gasteiger partial charge in [0.15, 0.2) is 11.4 Å². The van der Waals surface area contributed by atoms with Crippen LogP contribution in [0.15, 0.2) is 6.20 Å². The van der Waals surface area contributed by atoms with E-state index in [4.69, 9.17) is 4.74 Å². The zero-order valence-corrected chi connectivity index (χ0v) is 11.3. The van der Waals surface area contributed by atoms with Crippen molar-refractivity contribution in [2.75, 3.05) is 13.2 Å². The maximum Gasteiger partial charge on any atom is 0.343 e. The maximum atomic E-state index is 11.9. The summed E-state index contributed by atoms with van der Waals surface area (Å²) in [6.07, 6.45) is 2.27. The minimum atomic E-state index is -0.617. The summed E-state index contributed by atoms with van der Waals surface area (Å²) in [6, 6.07) is 0. The van der Waals surface area contributed by atoms with Crippen LogP contribution in [0, 0.1) is 0 Å². The van der Waals surface area contributed by atoms with Gasteiger partial charge in [0.2, 0.25) is 0 Å². The lowest BCUT2D eigenvalue weighted by Crippen LogP contribution is -2.49. The van der Waals surface area contributed by atoms with E-state index in [0.717, 1.165) is 6.42 Å². The first-order chi connectivity index (χ1) is 8.94. The third kappa shape index (κ3) is 1.97. The average molecular weight is 266 g/mol. The molecule has 6 heteroatoms. The molecule has 0 saturated heterocycles. The summed E-state index contributed by atoms with van der Waals surface area (Å²) >= 11 is 0. The van der Waals surface area contributed by atoms with E-state index >= 15 is 0 Å². The molecule has 0 fully saturated rings. The normalized spacial score (nSPS) is 21.7. The smallest absolute Gasteiger partial charge is 0.343 e. The second kappa shape index (κ2) is 4.60. The third-order valence-electron chi connectivity index (χ3n) is 3.66. The molecule has 0 bridgehead atoms. The Hall–Kier alpha value is -1.98. The van der Waals surface area contributed by atoms with Crippen LogP contribution in [0.4, 0.5) is 0 Å². The quantitative estimate of drug-likeness (QED) is 0.807. The maximum absolute atomic E-state index is 11.9. The first-order valence-electron chi connectivity index (χ1n) is 6.34. The van der Waals surface area contributed by atoms with Crippen molar-refractivity contribution in [1.82, 2.24) is 9.88 Å². The number of hydrogen-bond acceptors (Lipinski definition) is 4. The summed E-state index contributed by atoms with van der Waals surface area (Å²) in [6.45, 7) is 6.32. The number of fused-ring (bicyclic) bond motifs is 1. The predicted octanol–water partition coefficient (Wildman–Crippen LogP) is 1.24. The molecule has 0 aromatic carbocycles. The Balaban J connectivity index is 2.56. The van der Waals surface area contributed by atoms with Crippen LogP contribution in [0.5, 0.6) is 5.75 Å². The lowest BCUT2D eigenvalue weighted by atomic mass is 9.96. The SMILES string of the molecule is CCOC(=O)c1cn2c(c1O)C(=O)NCC2(C)CC. The molecule has 0 aliphatic carbocycles. The average Bonchev–Trinajstić information content (AvgIpc) is 2.74. The number of esters is 1. The van der Waals surface area contributed by atoms with Crippen molar-refractivity contribution >= 4 is 11.9 Å². The summed E-state index contributed by atoms with van der Waals surface area (Å²) in [4.78, 5) is 23.6. The van der Waals surface area contributed by atoms with Gasteiger partial charge >= 0.3 is 5.97 Å². The van der Waals surface area contributed by atoms with Crippen LogP contribution in [0.25, 0.3) is 0 Å². The zero-order chi connectivity index (χ0) is 14.2.